The maximum atomic E-state index is 8.96. The molecule has 0 atom stereocenters. The van der Waals surface area contributed by atoms with Crippen LogP contribution in [0.1, 0.15) is 16.1 Å². The summed E-state index contributed by atoms with van der Waals surface area (Å²) < 4.78 is 1.19. The molecule has 108 valence electrons. The van der Waals surface area contributed by atoms with E-state index in [2.05, 4.69) is 30.3 Å². The Kier molecular flexibility index (Phi) is 3.38. The zero-order chi connectivity index (χ0) is 15.6. The number of rotatable bonds is 2. The van der Waals surface area contributed by atoms with E-state index in [-0.39, 0.29) is 0 Å². The maximum absolute atomic E-state index is 8.96. The molecule has 3 aromatic carbocycles. The summed E-state index contributed by atoms with van der Waals surface area (Å²) in [4.78, 5) is 4.77. The van der Waals surface area contributed by atoms with Crippen molar-refractivity contribution < 1.29 is 0 Å². The van der Waals surface area contributed by atoms with Crippen LogP contribution >= 0.6 is 11.3 Å². The van der Waals surface area contributed by atoms with Crippen molar-refractivity contribution in [3.05, 3.63) is 76.8 Å². The van der Waals surface area contributed by atoms with E-state index < -0.39 is 0 Å². The highest BCUT2D eigenvalue weighted by Gasteiger charge is 2.05. The Morgan fingerprint density at radius 2 is 1.87 bits per heavy atom. The first-order valence-corrected chi connectivity index (χ1v) is 8.12. The Morgan fingerprint density at radius 1 is 0.957 bits per heavy atom. The molecule has 4 aromatic rings. The van der Waals surface area contributed by atoms with Crippen molar-refractivity contribution in [2.75, 3.05) is 0 Å². The molecule has 1 aromatic heterocycles. The second-order valence-corrected chi connectivity index (χ2v) is 6.32. The third kappa shape index (κ3) is 2.61. The molecule has 1 heterocycles. The van der Waals surface area contributed by atoms with Crippen LogP contribution in [0.15, 0.2) is 60.7 Å². The van der Waals surface area contributed by atoms with Gasteiger partial charge in [0, 0.05) is 5.39 Å². The van der Waals surface area contributed by atoms with E-state index in [9.17, 15) is 0 Å². The molecule has 0 bridgehead atoms. The molecule has 0 saturated heterocycles. The molecular weight excluding hydrogens is 300 g/mol. The molecule has 0 aliphatic heterocycles. The van der Waals surface area contributed by atoms with Crippen LogP contribution in [-0.2, 0) is 0 Å². The number of hydrogen-bond acceptors (Lipinski definition) is 3. The molecule has 3 heteroatoms. The SMILES string of the molecule is N#Cc1cccc(/C=C/c2nc3c(ccc4ccccc43)s2)c1. The number of nitriles is 1. The molecule has 0 aliphatic carbocycles. The van der Waals surface area contributed by atoms with Crippen LogP contribution in [0.3, 0.4) is 0 Å². The normalized spacial score (nSPS) is 11.3. The molecule has 0 radical (unpaired) electrons. The lowest BCUT2D eigenvalue weighted by Gasteiger charge is -1.96. The molecule has 0 aliphatic rings. The fourth-order valence-corrected chi connectivity index (χ4v) is 3.52. The molecule has 0 amide bonds. The van der Waals surface area contributed by atoms with Gasteiger partial charge in [-0.25, -0.2) is 4.98 Å². The van der Waals surface area contributed by atoms with Crippen LogP contribution in [-0.4, -0.2) is 4.98 Å². The highest BCUT2D eigenvalue weighted by molar-refractivity contribution is 7.19. The van der Waals surface area contributed by atoms with Crippen LogP contribution in [0.5, 0.6) is 0 Å². The standard InChI is InChI=1S/C20H12N2S/c21-13-15-5-3-4-14(12-15)8-11-19-22-20-17-7-2-1-6-16(17)9-10-18(20)23-19/h1-12H/b11-8+. The van der Waals surface area contributed by atoms with Gasteiger partial charge in [0.1, 0.15) is 5.01 Å². The van der Waals surface area contributed by atoms with E-state index >= 15 is 0 Å². The van der Waals surface area contributed by atoms with Crippen molar-refractivity contribution in [1.29, 1.82) is 5.26 Å². The van der Waals surface area contributed by atoms with Crippen LogP contribution in [0, 0.1) is 11.3 Å². The second kappa shape index (κ2) is 5.68. The molecule has 0 fully saturated rings. The number of benzene rings is 3. The summed E-state index contributed by atoms with van der Waals surface area (Å²) in [5, 5.41) is 12.3. The summed E-state index contributed by atoms with van der Waals surface area (Å²) in [5.74, 6) is 0. The van der Waals surface area contributed by atoms with E-state index in [4.69, 9.17) is 10.2 Å². The average Bonchev–Trinajstić information content (AvgIpc) is 3.04. The number of hydrogen-bond donors (Lipinski definition) is 0. The van der Waals surface area contributed by atoms with Gasteiger partial charge in [-0.15, -0.1) is 11.3 Å². The van der Waals surface area contributed by atoms with Gasteiger partial charge in [-0.1, -0.05) is 48.5 Å². The van der Waals surface area contributed by atoms with Gasteiger partial charge in [0.05, 0.1) is 21.8 Å². The molecular formula is C20H12N2S. The molecule has 0 unspecified atom stereocenters. The van der Waals surface area contributed by atoms with Gasteiger partial charge < -0.3 is 0 Å². The van der Waals surface area contributed by atoms with Crippen molar-refractivity contribution >= 4 is 44.5 Å². The third-order valence-electron chi connectivity index (χ3n) is 3.73. The van der Waals surface area contributed by atoms with Crippen molar-refractivity contribution in [3.63, 3.8) is 0 Å². The Labute approximate surface area is 138 Å². The summed E-state index contributed by atoms with van der Waals surface area (Å²) in [6, 6.07) is 22.3. The van der Waals surface area contributed by atoms with Gasteiger partial charge in [-0.3, -0.25) is 0 Å². The lowest BCUT2D eigenvalue weighted by Crippen LogP contribution is -1.76. The van der Waals surface area contributed by atoms with Crippen LogP contribution in [0.2, 0.25) is 0 Å². The van der Waals surface area contributed by atoms with Gasteiger partial charge in [-0.2, -0.15) is 5.26 Å². The summed E-state index contributed by atoms with van der Waals surface area (Å²) in [6.07, 6.45) is 4.01. The zero-order valence-electron chi connectivity index (χ0n) is 12.2. The van der Waals surface area contributed by atoms with Crippen molar-refractivity contribution in [2.45, 2.75) is 0 Å². The van der Waals surface area contributed by atoms with Crippen LogP contribution in [0.4, 0.5) is 0 Å². The number of thiazole rings is 1. The number of fused-ring (bicyclic) bond motifs is 3. The summed E-state index contributed by atoms with van der Waals surface area (Å²) in [5.41, 5.74) is 2.73. The van der Waals surface area contributed by atoms with Gasteiger partial charge in [-0.05, 0) is 35.2 Å². The molecule has 2 nitrogen and oxygen atoms in total. The fraction of sp³-hybridized carbons (Fsp3) is 0. The number of aromatic nitrogens is 1. The van der Waals surface area contributed by atoms with E-state index in [0.717, 1.165) is 16.1 Å². The topological polar surface area (TPSA) is 36.7 Å². The Bertz CT molecular complexity index is 1080. The highest BCUT2D eigenvalue weighted by Crippen LogP contribution is 2.30. The van der Waals surface area contributed by atoms with Crippen molar-refractivity contribution in [1.82, 2.24) is 4.98 Å². The number of nitrogens with zero attached hydrogens (tertiary/aromatic N) is 2. The first kappa shape index (κ1) is 13.7. The van der Waals surface area contributed by atoms with Gasteiger partial charge >= 0.3 is 0 Å². The van der Waals surface area contributed by atoms with Gasteiger partial charge in [0.2, 0.25) is 0 Å². The maximum Gasteiger partial charge on any atom is 0.117 e. The Balaban J connectivity index is 1.76. The quantitative estimate of drug-likeness (QED) is 0.490. The molecule has 4 rings (SSSR count). The first-order valence-electron chi connectivity index (χ1n) is 7.30. The fourth-order valence-electron chi connectivity index (χ4n) is 2.63. The van der Waals surface area contributed by atoms with Crippen LogP contribution in [0.25, 0.3) is 33.1 Å². The van der Waals surface area contributed by atoms with E-state index in [1.54, 1.807) is 17.4 Å². The second-order valence-electron chi connectivity index (χ2n) is 5.26. The summed E-state index contributed by atoms with van der Waals surface area (Å²) in [7, 11) is 0. The monoisotopic (exact) mass is 312 g/mol. The minimum Gasteiger partial charge on any atom is -0.236 e. The Hall–Kier alpha value is -2.96. The molecule has 23 heavy (non-hydrogen) atoms. The first-order chi connectivity index (χ1) is 11.3. The molecule has 0 saturated carbocycles. The zero-order valence-corrected chi connectivity index (χ0v) is 13.0. The summed E-state index contributed by atoms with van der Waals surface area (Å²) >= 11 is 1.68. The Morgan fingerprint density at radius 3 is 2.78 bits per heavy atom. The largest absolute Gasteiger partial charge is 0.236 e. The van der Waals surface area contributed by atoms with Gasteiger partial charge in [0.15, 0.2) is 0 Å². The van der Waals surface area contributed by atoms with E-state index in [1.807, 2.05) is 42.5 Å². The van der Waals surface area contributed by atoms with Crippen molar-refractivity contribution in [3.8, 4) is 6.07 Å². The predicted octanol–water partition coefficient (Wildman–Crippen LogP) is 5.49. The molecule has 0 spiro atoms. The van der Waals surface area contributed by atoms with Gasteiger partial charge in [0.25, 0.3) is 0 Å². The smallest absolute Gasteiger partial charge is 0.117 e. The van der Waals surface area contributed by atoms with Crippen LogP contribution < -0.4 is 0 Å². The molecule has 0 N–H and O–H groups in total. The average molecular weight is 312 g/mol. The van der Waals surface area contributed by atoms with E-state index in [0.29, 0.717) is 5.56 Å². The van der Waals surface area contributed by atoms with E-state index in [1.165, 1.54) is 15.5 Å². The van der Waals surface area contributed by atoms with Crippen molar-refractivity contribution in [2.24, 2.45) is 0 Å². The minimum atomic E-state index is 0.669. The highest BCUT2D eigenvalue weighted by atomic mass is 32.1. The lowest BCUT2D eigenvalue weighted by atomic mass is 10.1. The predicted molar refractivity (Wildman–Crippen MR) is 97.2 cm³/mol. The third-order valence-corrected chi connectivity index (χ3v) is 4.72. The minimum absolute atomic E-state index is 0.669. The summed E-state index contributed by atoms with van der Waals surface area (Å²) in [6.45, 7) is 0. The lowest BCUT2D eigenvalue weighted by molar-refractivity contribution is 1.47.